The van der Waals surface area contributed by atoms with Crippen molar-refractivity contribution in [3.8, 4) is 0 Å². The summed E-state index contributed by atoms with van der Waals surface area (Å²) < 4.78 is 13.3. The third kappa shape index (κ3) is 1.66. The average molecular weight is 259 g/mol. The summed E-state index contributed by atoms with van der Waals surface area (Å²) in [4.78, 5) is 16.1. The van der Waals surface area contributed by atoms with E-state index in [1.807, 2.05) is 18.4 Å². The highest BCUT2D eigenvalue weighted by molar-refractivity contribution is 7.12. The zero-order chi connectivity index (χ0) is 12.7. The molecule has 0 fully saturated rings. The molecule has 0 radical (unpaired) electrons. The summed E-state index contributed by atoms with van der Waals surface area (Å²) in [6.07, 6.45) is 1.64. The highest BCUT2D eigenvalue weighted by Crippen LogP contribution is 2.25. The van der Waals surface area contributed by atoms with Crippen LogP contribution in [0.25, 0.3) is 10.9 Å². The van der Waals surface area contributed by atoms with E-state index in [0.29, 0.717) is 15.8 Å². The first-order valence-corrected chi connectivity index (χ1v) is 6.40. The quantitative estimate of drug-likeness (QED) is 0.695. The van der Waals surface area contributed by atoms with Crippen LogP contribution in [0.2, 0.25) is 0 Å². The van der Waals surface area contributed by atoms with E-state index < -0.39 is 0 Å². The average Bonchev–Trinajstić information content (AvgIpc) is 2.94. The number of hydrogen-bond donors (Lipinski definition) is 1. The Balaban J connectivity index is 2.18. The summed E-state index contributed by atoms with van der Waals surface area (Å²) in [5.74, 6) is -0.390. The van der Waals surface area contributed by atoms with Crippen molar-refractivity contribution in [1.82, 2.24) is 4.98 Å². The molecule has 2 heterocycles. The van der Waals surface area contributed by atoms with Gasteiger partial charge in [-0.1, -0.05) is 0 Å². The number of hydrogen-bond acceptors (Lipinski definition) is 2. The van der Waals surface area contributed by atoms with E-state index in [0.717, 1.165) is 11.1 Å². The highest BCUT2D eigenvalue weighted by Gasteiger charge is 2.17. The topological polar surface area (TPSA) is 32.9 Å². The number of carbonyl (C=O) groups excluding carboxylic acids is 1. The molecule has 18 heavy (non-hydrogen) atoms. The largest absolute Gasteiger partial charge is 0.360 e. The maximum Gasteiger partial charge on any atom is 0.205 e. The number of carbonyl (C=O) groups is 1. The van der Waals surface area contributed by atoms with Gasteiger partial charge in [-0.3, -0.25) is 4.79 Å². The first-order chi connectivity index (χ1) is 8.66. The van der Waals surface area contributed by atoms with Gasteiger partial charge in [-0.15, -0.1) is 11.3 Å². The van der Waals surface area contributed by atoms with Crippen LogP contribution in [0.15, 0.2) is 35.8 Å². The molecule has 0 unspecified atom stereocenters. The van der Waals surface area contributed by atoms with Gasteiger partial charge in [-0.25, -0.2) is 4.39 Å². The molecule has 1 aromatic carbocycles. The van der Waals surface area contributed by atoms with Crippen molar-refractivity contribution in [1.29, 1.82) is 0 Å². The van der Waals surface area contributed by atoms with Gasteiger partial charge in [0.05, 0.1) is 4.88 Å². The number of H-pyrrole nitrogens is 1. The van der Waals surface area contributed by atoms with Crippen LogP contribution < -0.4 is 0 Å². The fraction of sp³-hybridized carbons (Fsp3) is 0.0714. The monoisotopic (exact) mass is 259 g/mol. The minimum atomic E-state index is -0.334. The number of halogens is 1. The van der Waals surface area contributed by atoms with Crippen LogP contribution in [0.5, 0.6) is 0 Å². The second-order valence-corrected chi connectivity index (χ2v) is 5.07. The molecule has 0 saturated heterocycles. The number of aromatic amines is 1. The maximum absolute atomic E-state index is 13.3. The molecular weight excluding hydrogens is 249 g/mol. The van der Waals surface area contributed by atoms with Crippen molar-refractivity contribution in [2.75, 3.05) is 0 Å². The second-order valence-electron chi connectivity index (χ2n) is 4.15. The Hall–Kier alpha value is -1.94. The third-order valence-corrected chi connectivity index (χ3v) is 3.97. The van der Waals surface area contributed by atoms with E-state index in [1.165, 1.54) is 23.5 Å². The molecule has 2 nitrogen and oxygen atoms in total. The molecule has 3 rings (SSSR count). The van der Waals surface area contributed by atoms with E-state index in [1.54, 1.807) is 12.3 Å². The molecule has 0 aliphatic carbocycles. The first-order valence-electron chi connectivity index (χ1n) is 5.52. The standard InChI is InChI=1S/C14H10FNOS/c1-8-4-5-18-14(8)13(17)11-7-16-12-3-2-9(15)6-10(11)12/h2-7,16H,1H3. The van der Waals surface area contributed by atoms with Crippen molar-refractivity contribution in [2.45, 2.75) is 6.92 Å². The number of nitrogens with one attached hydrogen (secondary N) is 1. The van der Waals surface area contributed by atoms with E-state index in [2.05, 4.69) is 4.98 Å². The Morgan fingerprint density at radius 3 is 2.89 bits per heavy atom. The Labute approximate surface area is 107 Å². The lowest BCUT2D eigenvalue weighted by atomic mass is 10.1. The van der Waals surface area contributed by atoms with Crippen LogP contribution in [0.4, 0.5) is 4.39 Å². The Kier molecular flexibility index (Phi) is 2.52. The number of benzene rings is 1. The summed E-state index contributed by atoms with van der Waals surface area (Å²) in [7, 11) is 0. The summed E-state index contributed by atoms with van der Waals surface area (Å²) >= 11 is 1.41. The molecule has 1 N–H and O–H groups in total. The van der Waals surface area contributed by atoms with Gasteiger partial charge < -0.3 is 4.98 Å². The second kappa shape index (κ2) is 4.07. The van der Waals surface area contributed by atoms with E-state index in [4.69, 9.17) is 0 Å². The molecule has 3 aromatic rings. The number of aryl methyl sites for hydroxylation is 1. The summed E-state index contributed by atoms with van der Waals surface area (Å²) in [6.45, 7) is 1.90. The number of rotatable bonds is 2. The van der Waals surface area contributed by atoms with E-state index >= 15 is 0 Å². The zero-order valence-electron chi connectivity index (χ0n) is 9.66. The van der Waals surface area contributed by atoms with Gasteiger partial charge in [0.15, 0.2) is 0 Å². The Morgan fingerprint density at radius 2 is 2.17 bits per heavy atom. The molecule has 2 aromatic heterocycles. The van der Waals surface area contributed by atoms with Crippen LogP contribution in [-0.2, 0) is 0 Å². The van der Waals surface area contributed by atoms with Crippen molar-refractivity contribution in [3.63, 3.8) is 0 Å². The predicted molar refractivity (Wildman–Crippen MR) is 70.7 cm³/mol. The van der Waals surface area contributed by atoms with Crippen LogP contribution in [-0.4, -0.2) is 10.8 Å². The van der Waals surface area contributed by atoms with Crippen LogP contribution in [0, 0.1) is 12.7 Å². The molecule has 0 spiro atoms. The first kappa shape index (κ1) is 11.2. The molecule has 0 aliphatic rings. The number of thiophene rings is 1. The summed E-state index contributed by atoms with van der Waals surface area (Å²) in [5, 5.41) is 2.52. The molecule has 0 atom stereocenters. The van der Waals surface area contributed by atoms with Crippen LogP contribution in [0.3, 0.4) is 0 Å². The lowest BCUT2D eigenvalue weighted by molar-refractivity contribution is 0.104. The smallest absolute Gasteiger partial charge is 0.205 e. The van der Waals surface area contributed by atoms with Crippen molar-refractivity contribution >= 4 is 28.0 Å². The van der Waals surface area contributed by atoms with Crippen molar-refractivity contribution in [2.24, 2.45) is 0 Å². The molecular formula is C14H10FNOS. The van der Waals surface area contributed by atoms with Gasteiger partial charge in [0.25, 0.3) is 0 Å². The predicted octanol–water partition coefficient (Wildman–Crippen LogP) is 3.91. The minimum Gasteiger partial charge on any atom is -0.360 e. The SMILES string of the molecule is Cc1ccsc1C(=O)c1c[nH]c2ccc(F)cc12. The van der Waals surface area contributed by atoms with Gasteiger partial charge in [-0.05, 0) is 42.1 Å². The van der Waals surface area contributed by atoms with Crippen LogP contribution in [0.1, 0.15) is 20.8 Å². The van der Waals surface area contributed by atoms with Gasteiger partial charge in [-0.2, -0.15) is 0 Å². The molecule has 0 aliphatic heterocycles. The number of aromatic nitrogens is 1. The van der Waals surface area contributed by atoms with Gasteiger partial charge in [0, 0.05) is 22.7 Å². The lowest BCUT2D eigenvalue weighted by Crippen LogP contribution is -1.99. The normalized spacial score (nSPS) is 11.0. The molecule has 90 valence electrons. The lowest BCUT2D eigenvalue weighted by Gasteiger charge is -1.98. The molecule has 0 bridgehead atoms. The molecule has 0 saturated carbocycles. The van der Waals surface area contributed by atoms with Gasteiger partial charge >= 0.3 is 0 Å². The minimum absolute atomic E-state index is 0.0562. The fourth-order valence-corrected chi connectivity index (χ4v) is 2.89. The summed E-state index contributed by atoms with van der Waals surface area (Å²) in [5.41, 5.74) is 2.25. The zero-order valence-corrected chi connectivity index (χ0v) is 10.5. The fourth-order valence-electron chi connectivity index (χ4n) is 2.01. The molecule has 4 heteroatoms. The Bertz CT molecular complexity index is 741. The summed E-state index contributed by atoms with van der Waals surface area (Å²) in [6, 6.07) is 6.32. The van der Waals surface area contributed by atoms with Crippen LogP contribution >= 0.6 is 11.3 Å². The molecule has 0 amide bonds. The van der Waals surface area contributed by atoms with E-state index in [9.17, 15) is 9.18 Å². The highest BCUT2D eigenvalue weighted by atomic mass is 32.1. The van der Waals surface area contributed by atoms with Crippen molar-refractivity contribution < 1.29 is 9.18 Å². The third-order valence-electron chi connectivity index (χ3n) is 2.96. The number of fused-ring (bicyclic) bond motifs is 1. The van der Waals surface area contributed by atoms with E-state index in [-0.39, 0.29) is 11.6 Å². The van der Waals surface area contributed by atoms with Gasteiger partial charge in [0.1, 0.15) is 5.82 Å². The Morgan fingerprint density at radius 1 is 1.33 bits per heavy atom. The van der Waals surface area contributed by atoms with Crippen molar-refractivity contribution in [3.05, 3.63) is 57.7 Å². The maximum atomic E-state index is 13.3. The number of ketones is 1. The van der Waals surface area contributed by atoms with Gasteiger partial charge in [0.2, 0.25) is 5.78 Å².